The molecule has 0 spiro atoms. The molecule has 0 fully saturated rings. The minimum absolute atomic E-state index is 0.108. The molecule has 17 heavy (non-hydrogen) atoms. The van der Waals surface area contributed by atoms with Crippen LogP contribution in [0.4, 0.5) is 18.9 Å². The van der Waals surface area contributed by atoms with E-state index < -0.39 is 25.0 Å². The Morgan fingerprint density at radius 2 is 2.18 bits per heavy atom. The number of carbonyl (C=O) groups excluding carboxylic acids is 1. The molecule has 94 valence electrons. The van der Waals surface area contributed by atoms with E-state index in [0.29, 0.717) is 0 Å². The standard InChI is InChI=1S/C10H12F3N3O/c1-16(5-3-10(11,12)13)9(17)7-6-15-4-2-8(7)14/h2,4,6H,3,5H2,1H3,(H2,14,15). The maximum Gasteiger partial charge on any atom is 0.390 e. The minimum Gasteiger partial charge on any atom is -0.398 e. The second-order valence-corrected chi connectivity index (χ2v) is 3.55. The smallest absolute Gasteiger partial charge is 0.390 e. The summed E-state index contributed by atoms with van der Waals surface area (Å²) in [5.74, 6) is -0.570. The zero-order valence-electron chi connectivity index (χ0n) is 9.16. The fourth-order valence-electron chi connectivity index (χ4n) is 1.19. The molecule has 0 aliphatic carbocycles. The third-order valence-electron chi connectivity index (χ3n) is 2.16. The number of nitrogens with two attached hydrogens (primary N) is 1. The van der Waals surface area contributed by atoms with E-state index in [4.69, 9.17) is 5.73 Å². The zero-order chi connectivity index (χ0) is 13.1. The van der Waals surface area contributed by atoms with E-state index in [2.05, 4.69) is 4.98 Å². The lowest BCUT2D eigenvalue weighted by Gasteiger charge is -2.18. The summed E-state index contributed by atoms with van der Waals surface area (Å²) < 4.78 is 36.0. The van der Waals surface area contributed by atoms with Crippen LogP contribution in [0.3, 0.4) is 0 Å². The first-order chi connectivity index (χ1) is 7.81. The van der Waals surface area contributed by atoms with E-state index >= 15 is 0 Å². The van der Waals surface area contributed by atoms with Gasteiger partial charge < -0.3 is 10.6 Å². The second-order valence-electron chi connectivity index (χ2n) is 3.55. The number of nitrogen functional groups attached to an aromatic ring is 1. The van der Waals surface area contributed by atoms with Crippen molar-refractivity contribution in [3.8, 4) is 0 Å². The highest BCUT2D eigenvalue weighted by molar-refractivity contribution is 5.98. The highest BCUT2D eigenvalue weighted by Crippen LogP contribution is 2.20. The Hall–Kier alpha value is -1.79. The summed E-state index contributed by atoms with van der Waals surface area (Å²) in [6.45, 7) is -0.406. The van der Waals surface area contributed by atoms with Crippen molar-refractivity contribution in [3.63, 3.8) is 0 Å². The lowest BCUT2D eigenvalue weighted by molar-refractivity contribution is -0.136. The second kappa shape index (κ2) is 5.03. The van der Waals surface area contributed by atoms with Crippen LogP contribution in [-0.4, -0.2) is 35.6 Å². The van der Waals surface area contributed by atoms with Gasteiger partial charge in [0.1, 0.15) is 0 Å². The van der Waals surface area contributed by atoms with E-state index in [-0.39, 0.29) is 11.3 Å². The van der Waals surface area contributed by atoms with Gasteiger partial charge in [-0.2, -0.15) is 13.2 Å². The number of pyridine rings is 1. The molecule has 1 aromatic heterocycles. The maximum absolute atomic E-state index is 12.0. The molecular formula is C10H12F3N3O. The molecule has 4 nitrogen and oxygen atoms in total. The summed E-state index contributed by atoms with van der Waals surface area (Å²) in [7, 11) is 1.29. The molecule has 1 aromatic rings. The molecule has 1 amide bonds. The summed E-state index contributed by atoms with van der Waals surface area (Å²) in [4.78, 5) is 16.4. The number of aromatic nitrogens is 1. The maximum atomic E-state index is 12.0. The normalized spacial score (nSPS) is 11.3. The van der Waals surface area contributed by atoms with Gasteiger partial charge in [0.15, 0.2) is 0 Å². The van der Waals surface area contributed by atoms with E-state index in [1.165, 1.54) is 25.5 Å². The third-order valence-corrected chi connectivity index (χ3v) is 2.16. The van der Waals surface area contributed by atoms with Crippen molar-refractivity contribution >= 4 is 11.6 Å². The van der Waals surface area contributed by atoms with Crippen LogP contribution in [0.1, 0.15) is 16.8 Å². The molecule has 0 aliphatic heterocycles. The van der Waals surface area contributed by atoms with Crippen molar-refractivity contribution in [1.29, 1.82) is 0 Å². The van der Waals surface area contributed by atoms with E-state index in [1.54, 1.807) is 0 Å². The Kier molecular flexibility index (Phi) is 3.93. The lowest BCUT2D eigenvalue weighted by atomic mass is 10.2. The Morgan fingerprint density at radius 3 is 2.71 bits per heavy atom. The number of hydrogen-bond acceptors (Lipinski definition) is 3. The first kappa shape index (κ1) is 13.3. The van der Waals surface area contributed by atoms with Crippen LogP contribution in [0.15, 0.2) is 18.5 Å². The van der Waals surface area contributed by atoms with Gasteiger partial charge in [0.05, 0.1) is 12.0 Å². The van der Waals surface area contributed by atoms with Crippen LogP contribution in [0.2, 0.25) is 0 Å². The molecular weight excluding hydrogens is 235 g/mol. The Balaban J connectivity index is 2.68. The number of carbonyl (C=O) groups is 1. The molecule has 0 aliphatic rings. The number of anilines is 1. The van der Waals surface area contributed by atoms with Gasteiger partial charge in [0.2, 0.25) is 0 Å². The van der Waals surface area contributed by atoms with Gasteiger partial charge in [-0.25, -0.2) is 0 Å². The quantitative estimate of drug-likeness (QED) is 0.884. The van der Waals surface area contributed by atoms with Crippen LogP contribution < -0.4 is 5.73 Å². The Labute approximate surface area is 96.2 Å². The van der Waals surface area contributed by atoms with Gasteiger partial charge in [-0.3, -0.25) is 9.78 Å². The summed E-state index contributed by atoms with van der Waals surface area (Å²) in [6.07, 6.45) is -2.69. The molecule has 7 heteroatoms. The van der Waals surface area contributed by atoms with Crippen molar-refractivity contribution in [2.75, 3.05) is 19.3 Å². The summed E-state index contributed by atoms with van der Waals surface area (Å²) in [5, 5.41) is 0. The Morgan fingerprint density at radius 1 is 1.53 bits per heavy atom. The van der Waals surface area contributed by atoms with Crippen LogP contribution in [-0.2, 0) is 0 Å². The predicted octanol–water partition coefficient (Wildman–Crippen LogP) is 1.69. The summed E-state index contributed by atoms with van der Waals surface area (Å²) in [5.41, 5.74) is 5.84. The molecule has 0 radical (unpaired) electrons. The van der Waals surface area contributed by atoms with Crippen molar-refractivity contribution in [1.82, 2.24) is 9.88 Å². The fourth-order valence-corrected chi connectivity index (χ4v) is 1.19. The van der Waals surface area contributed by atoms with Crippen molar-refractivity contribution in [3.05, 3.63) is 24.0 Å². The van der Waals surface area contributed by atoms with Crippen molar-refractivity contribution < 1.29 is 18.0 Å². The average Bonchev–Trinajstić information content (AvgIpc) is 2.24. The predicted molar refractivity (Wildman–Crippen MR) is 56.3 cm³/mol. The average molecular weight is 247 g/mol. The number of nitrogens with zero attached hydrogens (tertiary/aromatic N) is 2. The van der Waals surface area contributed by atoms with E-state index in [9.17, 15) is 18.0 Å². The fraction of sp³-hybridized carbons (Fsp3) is 0.400. The van der Waals surface area contributed by atoms with Crippen molar-refractivity contribution in [2.24, 2.45) is 0 Å². The monoisotopic (exact) mass is 247 g/mol. The topological polar surface area (TPSA) is 59.2 Å². The van der Waals surface area contributed by atoms with Crippen molar-refractivity contribution in [2.45, 2.75) is 12.6 Å². The highest BCUT2D eigenvalue weighted by Gasteiger charge is 2.28. The van der Waals surface area contributed by atoms with Gasteiger partial charge >= 0.3 is 6.18 Å². The summed E-state index contributed by atoms with van der Waals surface area (Å²) in [6, 6.07) is 1.42. The summed E-state index contributed by atoms with van der Waals surface area (Å²) >= 11 is 0. The van der Waals surface area contributed by atoms with Crippen LogP contribution in [0.25, 0.3) is 0 Å². The molecule has 0 aromatic carbocycles. The molecule has 2 N–H and O–H groups in total. The molecule has 0 saturated heterocycles. The number of halogens is 3. The molecule has 0 bridgehead atoms. The highest BCUT2D eigenvalue weighted by atomic mass is 19.4. The van der Waals surface area contributed by atoms with E-state index in [0.717, 1.165) is 4.90 Å². The number of rotatable bonds is 3. The third kappa shape index (κ3) is 3.93. The molecule has 0 atom stereocenters. The first-order valence-corrected chi connectivity index (χ1v) is 4.83. The molecule has 0 unspecified atom stereocenters. The number of alkyl halides is 3. The lowest BCUT2D eigenvalue weighted by Crippen LogP contribution is -2.31. The molecule has 0 saturated carbocycles. The van der Waals surface area contributed by atoms with E-state index in [1.807, 2.05) is 0 Å². The van der Waals surface area contributed by atoms with Crippen LogP contribution >= 0.6 is 0 Å². The number of amides is 1. The Bertz CT molecular complexity index is 406. The van der Waals surface area contributed by atoms with Gasteiger partial charge in [-0.15, -0.1) is 0 Å². The minimum atomic E-state index is -4.28. The van der Waals surface area contributed by atoms with Gasteiger partial charge in [0.25, 0.3) is 5.91 Å². The van der Waals surface area contributed by atoms with Gasteiger partial charge in [0, 0.05) is 31.7 Å². The SMILES string of the molecule is CN(CCC(F)(F)F)C(=O)c1cnccc1N. The first-order valence-electron chi connectivity index (χ1n) is 4.83. The van der Waals surface area contributed by atoms with Crippen LogP contribution in [0, 0.1) is 0 Å². The van der Waals surface area contributed by atoms with Gasteiger partial charge in [-0.05, 0) is 6.07 Å². The van der Waals surface area contributed by atoms with Gasteiger partial charge in [-0.1, -0.05) is 0 Å². The molecule has 1 heterocycles. The number of hydrogen-bond donors (Lipinski definition) is 1. The van der Waals surface area contributed by atoms with Crippen LogP contribution in [0.5, 0.6) is 0 Å². The zero-order valence-corrected chi connectivity index (χ0v) is 9.16. The largest absolute Gasteiger partial charge is 0.398 e. The molecule has 1 rings (SSSR count).